The van der Waals surface area contributed by atoms with Crippen LogP contribution in [-0.4, -0.2) is 11.1 Å². The van der Waals surface area contributed by atoms with E-state index in [1.807, 2.05) is 24.3 Å². The Kier molecular flexibility index (Phi) is 4.45. The van der Waals surface area contributed by atoms with Crippen LogP contribution in [0.4, 0.5) is 0 Å². The zero-order valence-corrected chi connectivity index (χ0v) is 9.48. The molecular formula is C9H11ClN4S. The van der Waals surface area contributed by atoms with E-state index in [-0.39, 0.29) is 11.1 Å². The SMILES string of the molecule is N=C(N=C(N)N)SCc1ccccc1Cl. The quantitative estimate of drug-likeness (QED) is 0.546. The van der Waals surface area contributed by atoms with Crippen molar-refractivity contribution in [3.05, 3.63) is 34.9 Å². The van der Waals surface area contributed by atoms with Crippen molar-refractivity contribution in [2.75, 3.05) is 0 Å². The third-order valence-electron chi connectivity index (χ3n) is 1.55. The number of nitrogens with zero attached hydrogens (tertiary/aromatic N) is 1. The first-order chi connectivity index (χ1) is 7.09. The highest BCUT2D eigenvalue weighted by molar-refractivity contribution is 8.13. The highest BCUT2D eigenvalue weighted by atomic mass is 35.5. The minimum atomic E-state index is -0.105. The molecule has 1 aromatic rings. The number of thioether (sulfide) groups is 1. The molecule has 0 spiro atoms. The highest BCUT2D eigenvalue weighted by Crippen LogP contribution is 2.21. The molecule has 0 unspecified atom stereocenters. The summed E-state index contributed by atoms with van der Waals surface area (Å²) in [6.07, 6.45) is 0. The van der Waals surface area contributed by atoms with E-state index in [1.165, 1.54) is 11.8 Å². The van der Waals surface area contributed by atoms with E-state index < -0.39 is 0 Å². The second-order valence-corrected chi connectivity index (χ2v) is 4.09. The van der Waals surface area contributed by atoms with Gasteiger partial charge in [0.25, 0.3) is 0 Å². The number of halogens is 1. The van der Waals surface area contributed by atoms with Crippen LogP contribution in [0.5, 0.6) is 0 Å². The Morgan fingerprint density at radius 1 is 1.40 bits per heavy atom. The number of aliphatic imine (C=N–C) groups is 1. The van der Waals surface area contributed by atoms with Gasteiger partial charge in [-0.3, -0.25) is 5.41 Å². The van der Waals surface area contributed by atoms with E-state index in [4.69, 9.17) is 28.5 Å². The molecule has 15 heavy (non-hydrogen) atoms. The van der Waals surface area contributed by atoms with Crippen LogP contribution >= 0.6 is 23.4 Å². The maximum atomic E-state index is 7.41. The topological polar surface area (TPSA) is 88.2 Å². The molecule has 0 aromatic heterocycles. The average Bonchev–Trinajstić information content (AvgIpc) is 2.15. The smallest absolute Gasteiger partial charge is 0.193 e. The molecule has 80 valence electrons. The lowest BCUT2D eigenvalue weighted by molar-refractivity contribution is 1.41. The molecule has 0 saturated heterocycles. The molecule has 0 radical (unpaired) electrons. The summed E-state index contributed by atoms with van der Waals surface area (Å²) >= 11 is 7.17. The molecule has 0 heterocycles. The van der Waals surface area contributed by atoms with Crippen molar-refractivity contribution in [2.45, 2.75) is 5.75 Å². The van der Waals surface area contributed by atoms with Gasteiger partial charge in [0.15, 0.2) is 11.1 Å². The van der Waals surface area contributed by atoms with Crippen LogP contribution in [0.2, 0.25) is 5.02 Å². The number of amidine groups is 1. The molecule has 0 fully saturated rings. The molecule has 0 aliphatic rings. The van der Waals surface area contributed by atoms with Gasteiger partial charge in [-0.05, 0) is 11.6 Å². The van der Waals surface area contributed by atoms with Gasteiger partial charge in [-0.2, -0.15) is 4.99 Å². The number of nitrogens with two attached hydrogens (primary N) is 2. The van der Waals surface area contributed by atoms with Gasteiger partial charge in [0, 0.05) is 10.8 Å². The minimum absolute atomic E-state index is 0.0786. The van der Waals surface area contributed by atoms with Crippen LogP contribution in [-0.2, 0) is 5.75 Å². The zero-order valence-electron chi connectivity index (χ0n) is 7.90. The van der Waals surface area contributed by atoms with Gasteiger partial charge in [0.05, 0.1) is 0 Å². The second kappa shape index (κ2) is 5.63. The lowest BCUT2D eigenvalue weighted by Crippen LogP contribution is -2.23. The maximum Gasteiger partial charge on any atom is 0.193 e. The number of rotatable bonds is 2. The van der Waals surface area contributed by atoms with Crippen molar-refractivity contribution < 1.29 is 0 Å². The third kappa shape index (κ3) is 4.22. The number of benzene rings is 1. The van der Waals surface area contributed by atoms with E-state index in [0.29, 0.717) is 10.8 Å². The summed E-state index contributed by atoms with van der Waals surface area (Å²) in [7, 11) is 0. The van der Waals surface area contributed by atoms with Crippen LogP contribution < -0.4 is 11.5 Å². The van der Waals surface area contributed by atoms with Crippen molar-refractivity contribution in [3.63, 3.8) is 0 Å². The van der Waals surface area contributed by atoms with Crippen LogP contribution in [0.1, 0.15) is 5.56 Å². The summed E-state index contributed by atoms with van der Waals surface area (Å²) in [5, 5.41) is 8.17. The Morgan fingerprint density at radius 2 is 2.07 bits per heavy atom. The predicted molar refractivity (Wildman–Crippen MR) is 66.3 cm³/mol. The molecule has 0 aliphatic carbocycles. The van der Waals surface area contributed by atoms with Gasteiger partial charge >= 0.3 is 0 Å². The maximum absolute atomic E-state index is 7.41. The standard InChI is InChI=1S/C9H11ClN4S/c10-7-4-2-1-3-6(7)5-15-9(13)14-8(11)12/h1-4H,5H2,(H5,11,12,13,14). The first-order valence-corrected chi connectivity index (χ1v) is 5.50. The second-order valence-electron chi connectivity index (χ2n) is 2.72. The third-order valence-corrected chi connectivity index (χ3v) is 2.74. The van der Waals surface area contributed by atoms with E-state index in [9.17, 15) is 0 Å². The summed E-state index contributed by atoms with van der Waals surface area (Å²) in [6, 6.07) is 7.46. The van der Waals surface area contributed by atoms with Crippen LogP contribution in [0.3, 0.4) is 0 Å². The van der Waals surface area contributed by atoms with Gasteiger partial charge in [0.2, 0.25) is 0 Å². The average molecular weight is 243 g/mol. The molecule has 0 bridgehead atoms. The molecular weight excluding hydrogens is 232 g/mol. The Labute approximate surface area is 97.2 Å². The number of hydrogen-bond acceptors (Lipinski definition) is 2. The molecule has 1 aromatic carbocycles. The first-order valence-electron chi connectivity index (χ1n) is 4.14. The normalized spacial score (nSPS) is 9.67. The van der Waals surface area contributed by atoms with Crippen molar-refractivity contribution >= 4 is 34.5 Å². The number of nitrogens with one attached hydrogen (secondary N) is 1. The van der Waals surface area contributed by atoms with Crippen molar-refractivity contribution in [2.24, 2.45) is 16.5 Å². The van der Waals surface area contributed by atoms with Gasteiger partial charge in [-0.15, -0.1) is 0 Å². The molecule has 0 amide bonds. The summed E-state index contributed by atoms with van der Waals surface area (Å²) in [6.45, 7) is 0. The summed E-state index contributed by atoms with van der Waals surface area (Å²) in [4.78, 5) is 3.60. The van der Waals surface area contributed by atoms with E-state index in [0.717, 1.165) is 5.56 Å². The van der Waals surface area contributed by atoms with Crippen molar-refractivity contribution in [1.29, 1.82) is 5.41 Å². The molecule has 6 heteroatoms. The van der Waals surface area contributed by atoms with Crippen molar-refractivity contribution in [1.82, 2.24) is 0 Å². The number of hydrogen-bond donors (Lipinski definition) is 3. The monoisotopic (exact) mass is 242 g/mol. The van der Waals surface area contributed by atoms with E-state index >= 15 is 0 Å². The lowest BCUT2D eigenvalue weighted by Gasteiger charge is -2.02. The van der Waals surface area contributed by atoms with Gasteiger partial charge in [-0.25, -0.2) is 0 Å². The fraction of sp³-hybridized carbons (Fsp3) is 0.111. The molecule has 5 N–H and O–H groups in total. The first kappa shape index (κ1) is 11.9. The Balaban J connectivity index is 2.55. The summed E-state index contributed by atoms with van der Waals surface area (Å²) in [5.74, 6) is 0.474. The van der Waals surface area contributed by atoms with Gasteiger partial charge < -0.3 is 11.5 Å². The minimum Gasteiger partial charge on any atom is -0.370 e. The zero-order chi connectivity index (χ0) is 11.3. The lowest BCUT2D eigenvalue weighted by atomic mass is 10.2. The molecule has 0 saturated carbocycles. The fourth-order valence-corrected chi connectivity index (χ4v) is 1.91. The molecule has 0 aliphatic heterocycles. The Morgan fingerprint density at radius 3 is 2.67 bits per heavy atom. The highest BCUT2D eigenvalue weighted by Gasteiger charge is 2.01. The largest absolute Gasteiger partial charge is 0.370 e. The van der Waals surface area contributed by atoms with Crippen molar-refractivity contribution in [3.8, 4) is 0 Å². The molecule has 1 rings (SSSR count). The Bertz CT molecular complexity index is 387. The fourth-order valence-electron chi connectivity index (χ4n) is 0.911. The van der Waals surface area contributed by atoms with E-state index in [2.05, 4.69) is 4.99 Å². The van der Waals surface area contributed by atoms with Crippen LogP contribution in [0, 0.1) is 5.41 Å². The summed E-state index contributed by atoms with van der Waals surface area (Å²) in [5.41, 5.74) is 11.2. The van der Waals surface area contributed by atoms with Gasteiger partial charge in [-0.1, -0.05) is 41.6 Å². The van der Waals surface area contributed by atoms with Crippen LogP contribution in [0.25, 0.3) is 0 Å². The molecule has 4 nitrogen and oxygen atoms in total. The van der Waals surface area contributed by atoms with E-state index in [1.54, 1.807) is 0 Å². The summed E-state index contributed by atoms with van der Waals surface area (Å²) < 4.78 is 0. The molecule has 0 atom stereocenters. The number of guanidine groups is 1. The Hall–Kier alpha value is -1.20. The van der Waals surface area contributed by atoms with Gasteiger partial charge in [0.1, 0.15) is 0 Å². The predicted octanol–water partition coefficient (Wildman–Crippen LogP) is 1.78. The van der Waals surface area contributed by atoms with Crippen LogP contribution in [0.15, 0.2) is 29.3 Å².